The molecular formula is C16H21FN2O. The summed E-state index contributed by atoms with van der Waals surface area (Å²) in [7, 11) is 1.69. The average molecular weight is 276 g/mol. The van der Waals surface area contributed by atoms with Crippen LogP contribution >= 0.6 is 0 Å². The molecule has 0 aliphatic carbocycles. The fourth-order valence-electron chi connectivity index (χ4n) is 1.74. The molecular weight excluding hydrogens is 255 g/mol. The number of halogens is 1. The molecule has 0 radical (unpaired) electrons. The lowest BCUT2D eigenvalue weighted by Crippen LogP contribution is -2.38. The molecule has 1 rings (SSSR count). The lowest BCUT2D eigenvalue weighted by Gasteiger charge is -2.28. The molecule has 1 aromatic carbocycles. The first-order chi connectivity index (χ1) is 9.38. The van der Waals surface area contributed by atoms with Gasteiger partial charge in [-0.1, -0.05) is 25.7 Å². The number of benzene rings is 1. The van der Waals surface area contributed by atoms with Gasteiger partial charge >= 0.3 is 0 Å². The average Bonchev–Trinajstić information content (AvgIpc) is 2.43. The number of hydrogen-bond acceptors (Lipinski definition) is 2. The van der Waals surface area contributed by atoms with Gasteiger partial charge in [0, 0.05) is 18.7 Å². The Morgan fingerprint density at radius 3 is 2.60 bits per heavy atom. The second-order valence-corrected chi connectivity index (χ2v) is 5.10. The first-order valence-electron chi connectivity index (χ1n) is 6.64. The monoisotopic (exact) mass is 276 g/mol. The van der Waals surface area contributed by atoms with E-state index in [1.807, 2.05) is 20.8 Å². The van der Waals surface area contributed by atoms with Crippen LogP contribution in [0.1, 0.15) is 36.7 Å². The Bertz CT molecular complexity index is 543. The van der Waals surface area contributed by atoms with Gasteiger partial charge in [-0.3, -0.25) is 4.79 Å². The SMILES string of the molecule is CC(C)C(C)N(C)C(=O)c1cc(C#CCN)ccc1F. The molecule has 0 saturated carbocycles. The van der Waals surface area contributed by atoms with Crippen LogP contribution in [0.3, 0.4) is 0 Å². The van der Waals surface area contributed by atoms with Crippen LogP contribution in [0, 0.1) is 23.6 Å². The Morgan fingerprint density at radius 2 is 2.05 bits per heavy atom. The summed E-state index contributed by atoms with van der Waals surface area (Å²) in [6.45, 7) is 6.21. The van der Waals surface area contributed by atoms with E-state index in [0.29, 0.717) is 11.5 Å². The number of carbonyl (C=O) groups excluding carboxylic acids is 1. The summed E-state index contributed by atoms with van der Waals surface area (Å²) in [5.41, 5.74) is 5.94. The Labute approximate surface area is 120 Å². The zero-order valence-corrected chi connectivity index (χ0v) is 12.4. The Kier molecular flexibility index (Phi) is 5.72. The van der Waals surface area contributed by atoms with Crippen LogP contribution < -0.4 is 5.73 Å². The van der Waals surface area contributed by atoms with E-state index in [1.165, 1.54) is 12.1 Å². The standard InChI is InChI=1S/C16H21FN2O/c1-11(2)12(3)19(4)16(20)14-10-13(6-5-9-18)7-8-15(14)17/h7-8,10-12H,9,18H2,1-4H3. The van der Waals surface area contributed by atoms with Gasteiger partial charge in [-0.05, 0) is 31.0 Å². The third-order valence-electron chi connectivity index (χ3n) is 3.43. The van der Waals surface area contributed by atoms with E-state index in [1.54, 1.807) is 18.0 Å². The van der Waals surface area contributed by atoms with Crippen LogP contribution in [0.4, 0.5) is 4.39 Å². The van der Waals surface area contributed by atoms with Gasteiger partial charge in [0.15, 0.2) is 0 Å². The van der Waals surface area contributed by atoms with Gasteiger partial charge in [-0.25, -0.2) is 4.39 Å². The normalized spacial score (nSPS) is 11.8. The molecule has 4 heteroatoms. The molecule has 0 aliphatic heterocycles. The maximum atomic E-state index is 13.8. The van der Waals surface area contributed by atoms with Crippen LogP contribution in [0.15, 0.2) is 18.2 Å². The highest BCUT2D eigenvalue weighted by Crippen LogP contribution is 2.16. The predicted octanol–water partition coefficient (Wildman–Crippen LogP) is 2.25. The summed E-state index contributed by atoms with van der Waals surface area (Å²) in [4.78, 5) is 13.9. The highest BCUT2D eigenvalue weighted by atomic mass is 19.1. The Morgan fingerprint density at radius 1 is 1.40 bits per heavy atom. The molecule has 1 aromatic rings. The van der Waals surface area contributed by atoms with Crippen molar-refractivity contribution in [2.45, 2.75) is 26.8 Å². The number of nitrogens with zero attached hydrogens (tertiary/aromatic N) is 1. The zero-order chi connectivity index (χ0) is 15.3. The van der Waals surface area contributed by atoms with E-state index in [9.17, 15) is 9.18 Å². The minimum atomic E-state index is -0.531. The first-order valence-corrected chi connectivity index (χ1v) is 6.64. The molecule has 108 valence electrons. The van der Waals surface area contributed by atoms with Gasteiger partial charge in [0.2, 0.25) is 0 Å². The van der Waals surface area contributed by atoms with Gasteiger partial charge < -0.3 is 10.6 Å². The van der Waals surface area contributed by atoms with E-state index in [2.05, 4.69) is 11.8 Å². The summed E-state index contributed by atoms with van der Waals surface area (Å²) in [6, 6.07) is 4.31. The summed E-state index contributed by atoms with van der Waals surface area (Å²) in [6.07, 6.45) is 0. The lowest BCUT2D eigenvalue weighted by molar-refractivity contribution is 0.0702. The van der Waals surface area contributed by atoms with Gasteiger partial charge in [0.1, 0.15) is 5.82 Å². The van der Waals surface area contributed by atoms with Gasteiger partial charge in [0.25, 0.3) is 5.91 Å². The van der Waals surface area contributed by atoms with E-state index in [-0.39, 0.29) is 24.1 Å². The van der Waals surface area contributed by atoms with Gasteiger partial charge in [-0.15, -0.1) is 0 Å². The molecule has 3 nitrogen and oxygen atoms in total. The van der Waals surface area contributed by atoms with Gasteiger partial charge in [0.05, 0.1) is 12.1 Å². The molecule has 1 unspecified atom stereocenters. The molecule has 0 bridgehead atoms. The summed E-state index contributed by atoms with van der Waals surface area (Å²) in [5.74, 6) is 4.93. The van der Waals surface area contributed by atoms with Crippen molar-refractivity contribution < 1.29 is 9.18 Å². The van der Waals surface area contributed by atoms with Crippen molar-refractivity contribution in [2.75, 3.05) is 13.6 Å². The fourth-order valence-corrected chi connectivity index (χ4v) is 1.74. The van der Waals surface area contributed by atoms with Crippen LogP contribution in [0.2, 0.25) is 0 Å². The summed E-state index contributed by atoms with van der Waals surface area (Å²) in [5, 5.41) is 0. The maximum absolute atomic E-state index is 13.8. The third kappa shape index (κ3) is 3.82. The minimum absolute atomic E-state index is 0.0284. The molecule has 0 aliphatic rings. The molecule has 0 spiro atoms. The first kappa shape index (κ1) is 16.2. The second kappa shape index (κ2) is 7.06. The van der Waals surface area contributed by atoms with E-state index < -0.39 is 5.82 Å². The maximum Gasteiger partial charge on any atom is 0.256 e. The van der Waals surface area contributed by atoms with Crippen molar-refractivity contribution in [3.8, 4) is 11.8 Å². The third-order valence-corrected chi connectivity index (χ3v) is 3.43. The van der Waals surface area contributed by atoms with Crippen LogP contribution in [0.25, 0.3) is 0 Å². The van der Waals surface area contributed by atoms with E-state index >= 15 is 0 Å². The molecule has 1 atom stereocenters. The zero-order valence-electron chi connectivity index (χ0n) is 12.4. The molecule has 0 fully saturated rings. The molecule has 0 aromatic heterocycles. The van der Waals surface area contributed by atoms with Gasteiger partial charge in [-0.2, -0.15) is 0 Å². The van der Waals surface area contributed by atoms with Crippen molar-refractivity contribution in [2.24, 2.45) is 11.7 Å². The highest BCUT2D eigenvalue weighted by Gasteiger charge is 2.22. The van der Waals surface area contributed by atoms with Crippen molar-refractivity contribution in [1.82, 2.24) is 4.90 Å². The molecule has 0 heterocycles. The van der Waals surface area contributed by atoms with Crippen molar-refractivity contribution >= 4 is 5.91 Å². The highest BCUT2D eigenvalue weighted by molar-refractivity contribution is 5.94. The van der Waals surface area contributed by atoms with E-state index in [0.717, 1.165) is 0 Å². The smallest absolute Gasteiger partial charge is 0.256 e. The van der Waals surface area contributed by atoms with E-state index in [4.69, 9.17) is 5.73 Å². The molecule has 2 N–H and O–H groups in total. The predicted molar refractivity (Wildman–Crippen MR) is 78.7 cm³/mol. The lowest BCUT2D eigenvalue weighted by atomic mass is 10.0. The second-order valence-electron chi connectivity index (χ2n) is 5.10. The number of carbonyl (C=O) groups is 1. The molecule has 0 saturated heterocycles. The number of hydrogen-bond donors (Lipinski definition) is 1. The largest absolute Gasteiger partial charge is 0.339 e. The summed E-state index contributed by atoms with van der Waals surface area (Å²) >= 11 is 0. The van der Waals surface area contributed by atoms with Crippen LogP contribution in [-0.4, -0.2) is 30.4 Å². The number of amides is 1. The fraction of sp³-hybridized carbons (Fsp3) is 0.438. The van der Waals surface area contributed by atoms with Crippen LogP contribution in [-0.2, 0) is 0 Å². The number of rotatable bonds is 3. The van der Waals surface area contributed by atoms with Crippen molar-refractivity contribution in [1.29, 1.82) is 0 Å². The summed E-state index contributed by atoms with van der Waals surface area (Å²) < 4.78 is 13.8. The van der Waals surface area contributed by atoms with Crippen molar-refractivity contribution in [3.05, 3.63) is 35.1 Å². The van der Waals surface area contributed by atoms with Crippen LogP contribution in [0.5, 0.6) is 0 Å². The molecule has 20 heavy (non-hydrogen) atoms. The molecule has 1 amide bonds. The topological polar surface area (TPSA) is 46.3 Å². The number of nitrogens with two attached hydrogens (primary N) is 1. The van der Waals surface area contributed by atoms with Crippen molar-refractivity contribution in [3.63, 3.8) is 0 Å². The minimum Gasteiger partial charge on any atom is -0.339 e. The Hall–Kier alpha value is -1.86. The quantitative estimate of drug-likeness (QED) is 0.861. The Balaban J connectivity index is 3.09.